The Labute approximate surface area is 193 Å². The van der Waals surface area contributed by atoms with Crippen LogP contribution in [-0.4, -0.2) is 35.8 Å². The molecule has 0 heterocycles. The van der Waals surface area contributed by atoms with E-state index in [4.69, 9.17) is 0 Å². The molecule has 32 heavy (non-hydrogen) atoms. The minimum absolute atomic E-state index is 0.0203. The van der Waals surface area contributed by atoms with E-state index >= 15 is 0 Å². The van der Waals surface area contributed by atoms with Crippen molar-refractivity contribution in [1.29, 1.82) is 0 Å². The van der Waals surface area contributed by atoms with Crippen LogP contribution in [0.15, 0.2) is 60.7 Å². The summed E-state index contributed by atoms with van der Waals surface area (Å²) in [5.41, 5.74) is 2.52. The van der Waals surface area contributed by atoms with Gasteiger partial charge in [-0.2, -0.15) is 0 Å². The summed E-state index contributed by atoms with van der Waals surface area (Å²) in [6.07, 6.45) is 6.72. The van der Waals surface area contributed by atoms with Gasteiger partial charge in [0.15, 0.2) is 0 Å². The van der Waals surface area contributed by atoms with Crippen LogP contribution >= 0.6 is 0 Å². The second-order valence-corrected chi connectivity index (χ2v) is 9.22. The summed E-state index contributed by atoms with van der Waals surface area (Å²) in [6.45, 7) is 5.21. The number of nitrogens with one attached hydrogen (secondary N) is 1. The molecule has 2 aromatic carbocycles. The summed E-state index contributed by atoms with van der Waals surface area (Å²) >= 11 is 0. The average molecular weight is 435 g/mol. The Bertz CT molecular complexity index is 790. The smallest absolute Gasteiger partial charge is 0.225 e. The number of hydrogen-bond donors (Lipinski definition) is 1. The number of carbonyl (C=O) groups is 2. The summed E-state index contributed by atoms with van der Waals surface area (Å²) in [7, 11) is 0. The highest BCUT2D eigenvalue weighted by molar-refractivity contribution is 5.81. The molecule has 1 aliphatic rings. The van der Waals surface area contributed by atoms with Crippen molar-refractivity contribution in [3.63, 3.8) is 0 Å². The maximum Gasteiger partial charge on any atom is 0.225 e. The van der Waals surface area contributed by atoms with E-state index in [9.17, 15) is 9.59 Å². The molecular formula is C28H38N2O2. The highest BCUT2D eigenvalue weighted by Crippen LogP contribution is 2.28. The average Bonchev–Trinajstić information content (AvgIpc) is 2.83. The van der Waals surface area contributed by atoms with Crippen molar-refractivity contribution >= 4 is 11.8 Å². The van der Waals surface area contributed by atoms with E-state index in [-0.39, 0.29) is 29.7 Å². The molecule has 2 amide bonds. The molecule has 1 saturated carbocycles. The zero-order valence-electron chi connectivity index (χ0n) is 19.6. The number of carbonyl (C=O) groups excluding carboxylic acids is 2. The molecule has 0 aliphatic heterocycles. The van der Waals surface area contributed by atoms with Crippen LogP contribution < -0.4 is 5.32 Å². The van der Waals surface area contributed by atoms with Crippen molar-refractivity contribution in [2.75, 3.05) is 13.1 Å². The second kappa shape index (κ2) is 12.4. The molecule has 0 spiro atoms. The Balaban J connectivity index is 1.51. The van der Waals surface area contributed by atoms with Gasteiger partial charge in [0.2, 0.25) is 11.8 Å². The summed E-state index contributed by atoms with van der Waals surface area (Å²) < 4.78 is 0. The van der Waals surface area contributed by atoms with Gasteiger partial charge in [-0.25, -0.2) is 0 Å². The maximum atomic E-state index is 13.0. The van der Waals surface area contributed by atoms with Crippen molar-refractivity contribution in [1.82, 2.24) is 10.2 Å². The van der Waals surface area contributed by atoms with Crippen molar-refractivity contribution in [2.45, 2.75) is 70.8 Å². The summed E-state index contributed by atoms with van der Waals surface area (Å²) in [5, 5.41) is 3.09. The molecule has 4 heteroatoms. The zero-order chi connectivity index (χ0) is 22.8. The topological polar surface area (TPSA) is 49.4 Å². The fourth-order valence-electron chi connectivity index (χ4n) is 4.77. The number of amides is 2. The lowest BCUT2D eigenvalue weighted by Crippen LogP contribution is -2.43. The standard InChI is InChI=1S/C28H38N2O2/c1-22(2)30(28(32)25-16-10-5-11-17-25)21-19-27(31)29-20-18-26(23-12-6-3-7-13-23)24-14-8-4-9-15-24/h3-4,6-9,12-15,22,25-26H,5,10-11,16-21H2,1-2H3,(H,29,31). The number of hydrogen-bond acceptors (Lipinski definition) is 2. The zero-order valence-corrected chi connectivity index (χ0v) is 19.6. The van der Waals surface area contributed by atoms with E-state index in [1.807, 2.05) is 30.9 Å². The first-order valence-corrected chi connectivity index (χ1v) is 12.2. The molecule has 4 nitrogen and oxygen atoms in total. The molecule has 0 unspecified atom stereocenters. The maximum absolute atomic E-state index is 13.0. The summed E-state index contributed by atoms with van der Waals surface area (Å²) in [6, 6.07) is 21.0. The molecular weight excluding hydrogens is 396 g/mol. The van der Waals surface area contributed by atoms with Crippen LogP contribution in [-0.2, 0) is 9.59 Å². The van der Waals surface area contributed by atoms with Crippen molar-refractivity contribution < 1.29 is 9.59 Å². The fourth-order valence-corrected chi connectivity index (χ4v) is 4.77. The molecule has 1 aliphatic carbocycles. The van der Waals surface area contributed by atoms with Gasteiger partial charge >= 0.3 is 0 Å². The van der Waals surface area contributed by atoms with Crippen molar-refractivity contribution in [3.05, 3.63) is 71.8 Å². The van der Waals surface area contributed by atoms with Crippen LogP contribution in [0.4, 0.5) is 0 Å². The van der Waals surface area contributed by atoms with Crippen LogP contribution in [0.2, 0.25) is 0 Å². The molecule has 3 rings (SSSR count). The van der Waals surface area contributed by atoms with E-state index in [1.165, 1.54) is 17.5 Å². The minimum atomic E-state index is 0.0203. The molecule has 172 valence electrons. The van der Waals surface area contributed by atoms with Gasteiger partial charge in [0.25, 0.3) is 0 Å². The summed E-state index contributed by atoms with van der Waals surface area (Å²) in [4.78, 5) is 27.4. The first-order chi connectivity index (χ1) is 15.6. The first kappa shape index (κ1) is 24.0. The van der Waals surface area contributed by atoms with Crippen LogP contribution in [0.3, 0.4) is 0 Å². The molecule has 0 aromatic heterocycles. The van der Waals surface area contributed by atoms with Gasteiger partial charge in [0, 0.05) is 37.4 Å². The SMILES string of the molecule is CC(C)N(CCC(=O)NCCC(c1ccccc1)c1ccccc1)C(=O)C1CCCCC1. The molecule has 1 fully saturated rings. The van der Waals surface area contributed by atoms with E-state index in [2.05, 4.69) is 53.8 Å². The second-order valence-electron chi connectivity index (χ2n) is 9.22. The van der Waals surface area contributed by atoms with E-state index in [0.717, 1.165) is 32.1 Å². The lowest BCUT2D eigenvalue weighted by Gasteiger charge is -2.32. The normalized spacial score (nSPS) is 14.5. The molecule has 0 saturated heterocycles. The Hall–Kier alpha value is -2.62. The molecule has 0 radical (unpaired) electrons. The lowest BCUT2D eigenvalue weighted by atomic mass is 9.88. The van der Waals surface area contributed by atoms with Crippen LogP contribution in [0.5, 0.6) is 0 Å². The van der Waals surface area contributed by atoms with Crippen molar-refractivity contribution in [2.24, 2.45) is 5.92 Å². The van der Waals surface area contributed by atoms with Crippen LogP contribution in [0.1, 0.15) is 75.8 Å². The largest absolute Gasteiger partial charge is 0.356 e. The predicted octanol–water partition coefficient (Wildman–Crippen LogP) is 5.53. The molecule has 2 aromatic rings. The van der Waals surface area contributed by atoms with Gasteiger partial charge in [0.05, 0.1) is 0 Å². The van der Waals surface area contributed by atoms with Gasteiger partial charge in [-0.15, -0.1) is 0 Å². The van der Waals surface area contributed by atoms with Gasteiger partial charge < -0.3 is 10.2 Å². The Morgan fingerprint density at radius 1 is 0.906 bits per heavy atom. The number of rotatable bonds is 10. The molecule has 1 N–H and O–H groups in total. The minimum Gasteiger partial charge on any atom is -0.356 e. The van der Waals surface area contributed by atoms with Gasteiger partial charge in [-0.3, -0.25) is 9.59 Å². The quantitative estimate of drug-likeness (QED) is 0.534. The third-order valence-electron chi connectivity index (χ3n) is 6.60. The number of nitrogens with zero attached hydrogens (tertiary/aromatic N) is 1. The Kier molecular flexibility index (Phi) is 9.33. The Morgan fingerprint density at radius 2 is 1.47 bits per heavy atom. The van der Waals surface area contributed by atoms with Gasteiger partial charge in [-0.05, 0) is 44.2 Å². The first-order valence-electron chi connectivity index (χ1n) is 12.2. The fraction of sp³-hybridized carbons (Fsp3) is 0.500. The molecule has 0 atom stereocenters. The Morgan fingerprint density at radius 3 is 2.00 bits per heavy atom. The van der Waals surface area contributed by atoms with E-state index in [0.29, 0.717) is 19.5 Å². The highest BCUT2D eigenvalue weighted by Gasteiger charge is 2.27. The summed E-state index contributed by atoms with van der Waals surface area (Å²) in [5.74, 6) is 0.650. The highest BCUT2D eigenvalue weighted by atomic mass is 16.2. The number of benzene rings is 2. The van der Waals surface area contributed by atoms with Crippen LogP contribution in [0.25, 0.3) is 0 Å². The third-order valence-corrected chi connectivity index (χ3v) is 6.60. The lowest BCUT2D eigenvalue weighted by molar-refractivity contribution is -0.138. The third kappa shape index (κ3) is 6.94. The van der Waals surface area contributed by atoms with Crippen molar-refractivity contribution in [3.8, 4) is 0 Å². The molecule has 0 bridgehead atoms. The monoisotopic (exact) mass is 434 g/mol. The van der Waals surface area contributed by atoms with E-state index < -0.39 is 0 Å². The van der Waals surface area contributed by atoms with Gasteiger partial charge in [-0.1, -0.05) is 79.9 Å². The predicted molar refractivity (Wildman–Crippen MR) is 130 cm³/mol. The van der Waals surface area contributed by atoms with E-state index in [1.54, 1.807) is 0 Å². The van der Waals surface area contributed by atoms with Gasteiger partial charge in [0.1, 0.15) is 0 Å². The van der Waals surface area contributed by atoms with Crippen LogP contribution in [0, 0.1) is 5.92 Å².